The molecule has 0 saturated carbocycles. The largest absolute Gasteiger partial charge is 0.393 e. The number of hydrogen-bond donors (Lipinski definition) is 2. The number of nitrogens with one attached hydrogen (secondary N) is 1. The number of piperidine rings is 1. The fraction of sp³-hybridized carbons (Fsp3) is 0.421. The molecule has 2 aromatic heterocycles. The molecular weight excluding hydrogens is 344 g/mol. The highest BCUT2D eigenvalue weighted by molar-refractivity contribution is 7.22. The molecule has 1 aliphatic heterocycles. The predicted molar refractivity (Wildman–Crippen MR) is 109 cm³/mol. The van der Waals surface area contributed by atoms with Crippen LogP contribution < -0.4 is 16.0 Å². The van der Waals surface area contributed by atoms with Crippen molar-refractivity contribution in [1.29, 1.82) is 0 Å². The number of aromatic nitrogens is 3. The van der Waals surface area contributed by atoms with Crippen molar-refractivity contribution in [3.63, 3.8) is 0 Å². The average Bonchev–Trinajstić information content (AvgIpc) is 3.05. The smallest absolute Gasteiger partial charge is 0.189 e. The summed E-state index contributed by atoms with van der Waals surface area (Å²) >= 11 is 1.61. The highest BCUT2D eigenvalue weighted by atomic mass is 32.1. The molecular formula is C19H24N6S. The molecule has 7 heteroatoms. The molecule has 136 valence electrons. The van der Waals surface area contributed by atoms with Crippen LogP contribution >= 0.6 is 11.3 Å². The number of aryl methyl sites for hydroxylation is 1. The number of nitrogens with zero attached hydrogens (tertiary/aromatic N) is 4. The number of anilines is 4. The number of thiazole rings is 1. The van der Waals surface area contributed by atoms with Crippen molar-refractivity contribution in [1.82, 2.24) is 15.0 Å². The SMILES string of the molecule is CCC1CCCCN1c1ncnc(Nc2nc3ccc(C)cc3s2)c1N. The van der Waals surface area contributed by atoms with E-state index < -0.39 is 0 Å². The summed E-state index contributed by atoms with van der Waals surface area (Å²) in [5.74, 6) is 1.47. The first-order valence-electron chi connectivity index (χ1n) is 9.17. The molecule has 0 radical (unpaired) electrons. The molecule has 1 aromatic carbocycles. The van der Waals surface area contributed by atoms with Crippen LogP contribution in [-0.4, -0.2) is 27.5 Å². The zero-order chi connectivity index (χ0) is 18.1. The molecule has 0 bridgehead atoms. The first kappa shape index (κ1) is 17.0. The molecule has 3 heterocycles. The second-order valence-electron chi connectivity index (χ2n) is 6.83. The summed E-state index contributed by atoms with van der Waals surface area (Å²) in [6.07, 6.45) is 6.34. The van der Waals surface area contributed by atoms with Crippen LogP contribution in [0.3, 0.4) is 0 Å². The first-order chi connectivity index (χ1) is 12.7. The summed E-state index contributed by atoms with van der Waals surface area (Å²) in [7, 11) is 0. The van der Waals surface area contributed by atoms with E-state index in [0.29, 0.717) is 17.5 Å². The molecule has 6 nitrogen and oxygen atoms in total. The van der Waals surface area contributed by atoms with Crippen LogP contribution in [-0.2, 0) is 0 Å². The van der Waals surface area contributed by atoms with Gasteiger partial charge in [-0.25, -0.2) is 15.0 Å². The van der Waals surface area contributed by atoms with Crippen LogP contribution in [0.4, 0.5) is 22.5 Å². The monoisotopic (exact) mass is 368 g/mol. The van der Waals surface area contributed by atoms with Gasteiger partial charge in [0.1, 0.15) is 12.0 Å². The summed E-state index contributed by atoms with van der Waals surface area (Å²) in [6, 6.07) is 6.76. The van der Waals surface area contributed by atoms with Gasteiger partial charge in [-0.1, -0.05) is 24.3 Å². The molecule has 0 aliphatic carbocycles. The molecule has 3 aromatic rings. The van der Waals surface area contributed by atoms with E-state index in [9.17, 15) is 0 Å². The molecule has 4 rings (SSSR count). The van der Waals surface area contributed by atoms with Gasteiger partial charge < -0.3 is 16.0 Å². The van der Waals surface area contributed by atoms with E-state index in [-0.39, 0.29) is 0 Å². The molecule has 0 spiro atoms. The Morgan fingerprint density at radius 3 is 3.04 bits per heavy atom. The third-order valence-corrected chi connectivity index (χ3v) is 5.94. The summed E-state index contributed by atoms with van der Waals surface area (Å²) in [5, 5.41) is 4.10. The fourth-order valence-electron chi connectivity index (χ4n) is 3.61. The lowest BCUT2D eigenvalue weighted by molar-refractivity contribution is 0.447. The van der Waals surface area contributed by atoms with E-state index in [1.807, 2.05) is 6.07 Å². The molecule has 26 heavy (non-hydrogen) atoms. The number of fused-ring (bicyclic) bond motifs is 1. The Hall–Kier alpha value is -2.41. The van der Waals surface area contributed by atoms with Crippen molar-refractivity contribution in [2.75, 3.05) is 22.5 Å². The van der Waals surface area contributed by atoms with Gasteiger partial charge in [-0.3, -0.25) is 0 Å². The number of hydrogen-bond acceptors (Lipinski definition) is 7. The van der Waals surface area contributed by atoms with Gasteiger partial charge in [0.25, 0.3) is 0 Å². The predicted octanol–water partition coefficient (Wildman–Crippen LogP) is 4.49. The van der Waals surface area contributed by atoms with Crippen LogP contribution in [0.15, 0.2) is 24.5 Å². The molecule has 1 aliphatic rings. The number of benzene rings is 1. The van der Waals surface area contributed by atoms with Crippen LogP contribution in [0.25, 0.3) is 10.2 Å². The highest BCUT2D eigenvalue weighted by Crippen LogP contribution is 2.35. The van der Waals surface area contributed by atoms with Gasteiger partial charge in [0, 0.05) is 12.6 Å². The zero-order valence-electron chi connectivity index (χ0n) is 15.2. The van der Waals surface area contributed by atoms with Crippen LogP contribution in [0.2, 0.25) is 0 Å². The maximum atomic E-state index is 6.44. The van der Waals surface area contributed by atoms with Gasteiger partial charge in [0.15, 0.2) is 16.8 Å². The van der Waals surface area contributed by atoms with Crippen molar-refractivity contribution in [2.45, 2.75) is 45.6 Å². The summed E-state index contributed by atoms with van der Waals surface area (Å²) in [4.78, 5) is 15.8. The second-order valence-corrected chi connectivity index (χ2v) is 7.86. The third kappa shape index (κ3) is 3.19. The summed E-state index contributed by atoms with van der Waals surface area (Å²) < 4.78 is 1.16. The minimum absolute atomic E-state index is 0.499. The van der Waals surface area contributed by atoms with Gasteiger partial charge in [-0.05, 0) is 50.3 Å². The van der Waals surface area contributed by atoms with Gasteiger partial charge in [-0.15, -0.1) is 0 Å². The second kappa shape index (κ2) is 7.07. The first-order valence-corrected chi connectivity index (χ1v) is 9.98. The molecule has 0 amide bonds. The summed E-state index contributed by atoms with van der Waals surface area (Å²) in [6.45, 7) is 5.31. The van der Waals surface area contributed by atoms with Crippen LogP contribution in [0.5, 0.6) is 0 Å². The molecule has 3 N–H and O–H groups in total. The minimum atomic E-state index is 0.499. The van der Waals surface area contributed by atoms with Crippen LogP contribution in [0.1, 0.15) is 38.2 Å². The maximum absolute atomic E-state index is 6.44. The Morgan fingerprint density at radius 1 is 1.31 bits per heavy atom. The minimum Gasteiger partial charge on any atom is -0.393 e. The molecule has 1 unspecified atom stereocenters. The fourth-order valence-corrected chi connectivity index (χ4v) is 4.57. The summed E-state index contributed by atoms with van der Waals surface area (Å²) in [5.41, 5.74) is 9.26. The number of nitrogen functional groups attached to an aromatic ring is 1. The van der Waals surface area contributed by atoms with Gasteiger partial charge in [-0.2, -0.15) is 0 Å². The van der Waals surface area contributed by atoms with E-state index in [1.165, 1.54) is 24.8 Å². The standard InChI is InChI=1S/C19H24N6S/c1-3-13-6-4-5-9-25(13)18-16(20)17(21-11-22-18)24-19-23-14-8-7-12(2)10-15(14)26-19/h7-8,10-11,13H,3-6,9,20H2,1-2H3,(H,21,22,23,24). The van der Waals surface area contributed by atoms with Gasteiger partial charge in [0.05, 0.1) is 10.2 Å². The molecule has 1 fully saturated rings. The lowest BCUT2D eigenvalue weighted by atomic mass is 10.00. The Balaban J connectivity index is 1.64. The highest BCUT2D eigenvalue weighted by Gasteiger charge is 2.25. The Kier molecular flexibility index (Phi) is 4.63. The molecule has 1 atom stereocenters. The number of rotatable bonds is 4. The normalized spacial score (nSPS) is 17.6. The lowest BCUT2D eigenvalue weighted by Gasteiger charge is -2.36. The van der Waals surface area contributed by atoms with Crippen molar-refractivity contribution >= 4 is 44.0 Å². The Morgan fingerprint density at radius 2 is 2.19 bits per heavy atom. The van der Waals surface area contributed by atoms with E-state index in [4.69, 9.17) is 5.73 Å². The zero-order valence-corrected chi connectivity index (χ0v) is 16.0. The lowest BCUT2D eigenvalue weighted by Crippen LogP contribution is -2.40. The quantitative estimate of drug-likeness (QED) is 0.706. The van der Waals surface area contributed by atoms with E-state index in [0.717, 1.165) is 34.1 Å². The van der Waals surface area contributed by atoms with Crippen LogP contribution in [0, 0.1) is 6.92 Å². The van der Waals surface area contributed by atoms with Gasteiger partial charge in [0.2, 0.25) is 0 Å². The maximum Gasteiger partial charge on any atom is 0.189 e. The number of nitrogens with two attached hydrogens (primary N) is 1. The Bertz CT molecular complexity index is 922. The Labute approximate surface area is 157 Å². The van der Waals surface area contributed by atoms with Crippen molar-refractivity contribution < 1.29 is 0 Å². The van der Waals surface area contributed by atoms with Crippen molar-refractivity contribution in [3.8, 4) is 0 Å². The van der Waals surface area contributed by atoms with Gasteiger partial charge >= 0.3 is 0 Å². The molecule has 1 saturated heterocycles. The van der Waals surface area contributed by atoms with E-state index in [1.54, 1.807) is 17.7 Å². The van der Waals surface area contributed by atoms with Crippen molar-refractivity contribution in [3.05, 3.63) is 30.1 Å². The average molecular weight is 369 g/mol. The third-order valence-electron chi connectivity index (χ3n) is 5.00. The van der Waals surface area contributed by atoms with Crippen molar-refractivity contribution in [2.24, 2.45) is 0 Å². The van der Waals surface area contributed by atoms with E-state index >= 15 is 0 Å². The van der Waals surface area contributed by atoms with E-state index in [2.05, 4.69) is 51.1 Å². The topological polar surface area (TPSA) is 80.0 Å².